The SMILES string of the molecule is NC(CSc1ccccc1Br)c1cccc2c1OCC2. The van der Waals surface area contributed by atoms with Gasteiger partial charge in [0, 0.05) is 33.1 Å². The smallest absolute Gasteiger partial charge is 0.127 e. The second kappa shape index (κ2) is 6.20. The summed E-state index contributed by atoms with van der Waals surface area (Å²) in [6.07, 6.45) is 0.993. The quantitative estimate of drug-likeness (QED) is 0.841. The molecule has 1 atom stereocenters. The number of thioether (sulfide) groups is 1. The van der Waals surface area contributed by atoms with E-state index in [9.17, 15) is 0 Å². The average Bonchev–Trinajstić information content (AvgIpc) is 2.94. The highest BCUT2D eigenvalue weighted by Gasteiger charge is 2.20. The Morgan fingerprint density at radius 1 is 1.20 bits per heavy atom. The molecule has 104 valence electrons. The minimum absolute atomic E-state index is 0.0137. The first-order valence-corrected chi connectivity index (χ1v) is 8.41. The number of fused-ring (bicyclic) bond motifs is 1. The van der Waals surface area contributed by atoms with Crippen molar-refractivity contribution < 1.29 is 4.74 Å². The Morgan fingerprint density at radius 3 is 2.90 bits per heavy atom. The molecule has 1 heterocycles. The Hall–Kier alpha value is -0.970. The van der Waals surface area contributed by atoms with Gasteiger partial charge >= 0.3 is 0 Å². The first-order chi connectivity index (χ1) is 9.75. The number of rotatable bonds is 4. The highest BCUT2D eigenvalue weighted by Crippen LogP contribution is 2.35. The van der Waals surface area contributed by atoms with Gasteiger partial charge in [0.25, 0.3) is 0 Å². The van der Waals surface area contributed by atoms with Crippen LogP contribution in [0.25, 0.3) is 0 Å². The molecule has 0 bridgehead atoms. The zero-order valence-corrected chi connectivity index (χ0v) is 13.4. The van der Waals surface area contributed by atoms with E-state index in [2.05, 4.69) is 46.3 Å². The van der Waals surface area contributed by atoms with E-state index in [1.807, 2.05) is 12.1 Å². The zero-order valence-electron chi connectivity index (χ0n) is 11.0. The summed E-state index contributed by atoms with van der Waals surface area (Å²) >= 11 is 5.33. The highest BCUT2D eigenvalue weighted by molar-refractivity contribution is 9.10. The van der Waals surface area contributed by atoms with Gasteiger partial charge in [0.15, 0.2) is 0 Å². The molecule has 4 heteroatoms. The second-order valence-corrected chi connectivity index (χ2v) is 6.70. The molecule has 1 aliphatic heterocycles. The van der Waals surface area contributed by atoms with Gasteiger partial charge in [0.1, 0.15) is 5.75 Å². The predicted molar refractivity (Wildman–Crippen MR) is 87.4 cm³/mol. The lowest BCUT2D eigenvalue weighted by molar-refractivity contribution is 0.352. The lowest BCUT2D eigenvalue weighted by Gasteiger charge is -2.15. The number of hydrogen-bond donors (Lipinski definition) is 1. The second-order valence-electron chi connectivity index (χ2n) is 4.78. The first kappa shape index (κ1) is 14.0. The van der Waals surface area contributed by atoms with Crippen LogP contribution in [0.3, 0.4) is 0 Å². The van der Waals surface area contributed by atoms with Crippen molar-refractivity contribution in [2.75, 3.05) is 12.4 Å². The van der Waals surface area contributed by atoms with Crippen molar-refractivity contribution in [2.45, 2.75) is 17.4 Å². The summed E-state index contributed by atoms with van der Waals surface area (Å²) in [5, 5.41) is 0. The van der Waals surface area contributed by atoms with Crippen molar-refractivity contribution in [3.05, 3.63) is 58.1 Å². The van der Waals surface area contributed by atoms with Crippen molar-refractivity contribution >= 4 is 27.7 Å². The summed E-state index contributed by atoms with van der Waals surface area (Å²) in [7, 11) is 0. The van der Waals surface area contributed by atoms with E-state index in [1.165, 1.54) is 10.5 Å². The van der Waals surface area contributed by atoms with Crippen LogP contribution in [-0.2, 0) is 6.42 Å². The first-order valence-electron chi connectivity index (χ1n) is 6.63. The van der Waals surface area contributed by atoms with Crippen molar-refractivity contribution in [3.63, 3.8) is 0 Å². The third-order valence-corrected chi connectivity index (χ3v) is 5.55. The summed E-state index contributed by atoms with van der Waals surface area (Å²) in [6.45, 7) is 0.774. The van der Waals surface area contributed by atoms with E-state index in [0.29, 0.717) is 0 Å². The lowest BCUT2D eigenvalue weighted by Crippen LogP contribution is -2.14. The molecule has 2 nitrogen and oxygen atoms in total. The van der Waals surface area contributed by atoms with Crippen molar-refractivity contribution in [1.82, 2.24) is 0 Å². The molecular formula is C16H16BrNOS. The minimum Gasteiger partial charge on any atom is -0.493 e. The Bertz CT molecular complexity index is 617. The summed E-state index contributed by atoms with van der Waals surface area (Å²) in [5.74, 6) is 1.84. The topological polar surface area (TPSA) is 35.2 Å². The summed E-state index contributed by atoms with van der Waals surface area (Å²) < 4.78 is 6.85. The van der Waals surface area contributed by atoms with Crippen LogP contribution in [0, 0.1) is 0 Å². The fourth-order valence-electron chi connectivity index (χ4n) is 2.36. The average molecular weight is 350 g/mol. The molecule has 2 aromatic carbocycles. The maximum absolute atomic E-state index is 6.35. The van der Waals surface area contributed by atoms with E-state index in [-0.39, 0.29) is 6.04 Å². The van der Waals surface area contributed by atoms with Gasteiger partial charge < -0.3 is 10.5 Å². The molecule has 20 heavy (non-hydrogen) atoms. The molecule has 0 spiro atoms. The standard InChI is InChI=1S/C16H16BrNOS/c17-13-6-1-2-7-15(13)20-10-14(18)12-5-3-4-11-8-9-19-16(11)12/h1-7,14H,8-10,18H2. The maximum atomic E-state index is 6.35. The molecule has 0 amide bonds. The molecule has 2 N–H and O–H groups in total. The molecule has 3 rings (SSSR count). The van der Waals surface area contributed by atoms with Crippen LogP contribution in [0.15, 0.2) is 51.8 Å². The van der Waals surface area contributed by atoms with Crippen LogP contribution >= 0.6 is 27.7 Å². The molecular weight excluding hydrogens is 334 g/mol. The Kier molecular flexibility index (Phi) is 4.34. The zero-order chi connectivity index (χ0) is 13.9. The van der Waals surface area contributed by atoms with Crippen molar-refractivity contribution in [2.24, 2.45) is 5.73 Å². The Labute approximate surface area is 131 Å². The molecule has 0 radical (unpaired) electrons. The maximum Gasteiger partial charge on any atom is 0.127 e. The number of ether oxygens (including phenoxy) is 1. The van der Waals surface area contributed by atoms with E-state index in [4.69, 9.17) is 10.5 Å². The Morgan fingerprint density at radius 2 is 2.05 bits per heavy atom. The van der Waals surface area contributed by atoms with Crippen LogP contribution in [0.2, 0.25) is 0 Å². The van der Waals surface area contributed by atoms with Gasteiger partial charge in [-0.15, -0.1) is 11.8 Å². The van der Waals surface area contributed by atoms with Gasteiger partial charge in [-0.05, 0) is 33.6 Å². The number of benzene rings is 2. The van der Waals surface area contributed by atoms with Crippen LogP contribution in [0.4, 0.5) is 0 Å². The van der Waals surface area contributed by atoms with E-state index >= 15 is 0 Å². The van der Waals surface area contributed by atoms with E-state index in [1.54, 1.807) is 11.8 Å². The van der Waals surface area contributed by atoms with Crippen LogP contribution in [0.5, 0.6) is 5.75 Å². The van der Waals surface area contributed by atoms with Gasteiger partial charge in [0.05, 0.1) is 6.61 Å². The molecule has 0 aliphatic carbocycles. The molecule has 0 fully saturated rings. The number of hydrogen-bond acceptors (Lipinski definition) is 3. The molecule has 0 saturated carbocycles. The van der Waals surface area contributed by atoms with Gasteiger partial charge in [-0.25, -0.2) is 0 Å². The minimum atomic E-state index is -0.0137. The van der Waals surface area contributed by atoms with Crippen LogP contribution in [-0.4, -0.2) is 12.4 Å². The van der Waals surface area contributed by atoms with Gasteiger partial charge in [-0.2, -0.15) is 0 Å². The number of halogens is 1. The third kappa shape index (κ3) is 2.87. The van der Waals surface area contributed by atoms with Crippen LogP contribution in [0.1, 0.15) is 17.2 Å². The fourth-order valence-corrected chi connectivity index (χ4v) is 3.91. The molecule has 0 aromatic heterocycles. The summed E-state index contributed by atoms with van der Waals surface area (Å²) in [5.41, 5.74) is 8.76. The van der Waals surface area contributed by atoms with Crippen LogP contribution < -0.4 is 10.5 Å². The Balaban J connectivity index is 1.73. The number of para-hydroxylation sites is 1. The normalized spacial score (nSPS) is 14.7. The van der Waals surface area contributed by atoms with E-state index in [0.717, 1.165) is 34.6 Å². The monoisotopic (exact) mass is 349 g/mol. The van der Waals surface area contributed by atoms with Gasteiger partial charge in [0.2, 0.25) is 0 Å². The largest absolute Gasteiger partial charge is 0.493 e. The summed E-state index contributed by atoms with van der Waals surface area (Å²) in [6, 6.07) is 14.5. The van der Waals surface area contributed by atoms with E-state index < -0.39 is 0 Å². The molecule has 1 aliphatic rings. The van der Waals surface area contributed by atoms with Crippen molar-refractivity contribution in [1.29, 1.82) is 0 Å². The molecule has 2 aromatic rings. The predicted octanol–water partition coefficient (Wildman–Crippen LogP) is 4.18. The third-order valence-electron chi connectivity index (χ3n) is 3.40. The van der Waals surface area contributed by atoms with Gasteiger partial charge in [-0.3, -0.25) is 0 Å². The van der Waals surface area contributed by atoms with Crippen molar-refractivity contribution in [3.8, 4) is 5.75 Å². The molecule has 0 saturated heterocycles. The molecule has 1 unspecified atom stereocenters. The highest BCUT2D eigenvalue weighted by atomic mass is 79.9. The summed E-state index contributed by atoms with van der Waals surface area (Å²) in [4.78, 5) is 1.22. The fraction of sp³-hybridized carbons (Fsp3) is 0.250. The number of nitrogens with two attached hydrogens (primary N) is 1. The van der Waals surface area contributed by atoms with Gasteiger partial charge in [-0.1, -0.05) is 30.3 Å². The lowest BCUT2D eigenvalue weighted by atomic mass is 10.0.